The van der Waals surface area contributed by atoms with Crippen molar-refractivity contribution in [3.05, 3.63) is 65.4 Å². The lowest BCUT2D eigenvalue weighted by Gasteiger charge is -2.17. The number of nitrogens with zero attached hydrogens (tertiary/aromatic N) is 4. The highest BCUT2D eigenvalue weighted by Gasteiger charge is 2.31. The highest BCUT2D eigenvalue weighted by atomic mass is 35.5. The SMILES string of the molecule is CN(Cc1ccc(OC(F)(F)F)cc1)C(=O)CSc1nncn1-c1cccc(Cl)c1. The Hall–Kier alpha value is -2.72. The van der Waals surface area contributed by atoms with E-state index in [2.05, 4.69) is 14.9 Å². The van der Waals surface area contributed by atoms with E-state index >= 15 is 0 Å². The first kappa shape index (κ1) is 22.0. The largest absolute Gasteiger partial charge is 0.573 e. The maximum Gasteiger partial charge on any atom is 0.573 e. The Morgan fingerprint density at radius 1 is 1.23 bits per heavy atom. The highest BCUT2D eigenvalue weighted by Crippen LogP contribution is 2.24. The van der Waals surface area contributed by atoms with Crippen LogP contribution in [0.4, 0.5) is 13.2 Å². The van der Waals surface area contributed by atoms with Gasteiger partial charge in [0.25, 0.3) is 0 Å². The molecule has 0 saturated carbocycles. The van der Waals surface area contributed by atoms with Crippen LogP contribution in [0.3, 0.4) is 0 Å². The van der Waals surface area contributed by atoms with E-state index in [1.54, 1.807) is 29.8 Å². The molecule has 3 rings (SSSR count). The van der Waals surface area contributed by atoms with Crippen molar-refractivity contribution in [3.8, 4) is 11.4 Å². The van der Waals surface area contributed by atoms with Crippen LogP contribution in [-0.2, 0) is 11.3 Å². The van der Waals surface area contributed by atoms with Crippen LogP contribution in [0.2, 0.25) is 5.02 Å². The van der Waals surface area contributed by atoms with Gasteiger partial charge in [0.2, 0.25) is 5.91 Å². The molecule has 1 aromatic heterocycles. The van der Waals surface area contributed by atoms with Crippen molar-refractivity contribution in [2.75, 3.05) is 12.8 Å². The van der Waals surface area contributed by atoms with Crippen molar-refractivity contribution in [1.29, 1.82) is 0 Å². The van der Waals surface area contributed by atoms with Crippen LogP contribution in [0.5, 0.6) is 5.75 Å². The maximum atomic E-state index is 12.5. The van der Waals surface area contributed by atoms with Gasteiger partial charge < -0.3 is 9.64 Å². The summed E-state index contributed by atoms with van der Waals surface area (Å²) in [5.41, 5.74) is 1.45. The summed E-state index contributed by atoms with van der Waals surface area (Å²) >= 11 is 7.24. The van der Waals surface area contributed by atoms with Gasteiger partial charge >= 0.3 is 6.36 Å². The minimum atomic E-state index is -4.74. The van der Waals surface area contributed by atoms with Gasteiger partial charge in [0.1, 0.15) is 12.1 Å². The molecule has 0 unspecified atom stereocenters. The summed E-state index contributed by atoms with van der Waals surface area (Å²) in [6.45, 7) is 0.243. The number of hydrogen-bond acceptors (Lipinski definition) is 5. The van der Waals surface area contributed by atoms with E-state index in [9.17, 15) is 18.0 Å². The zero-order valence-corrected chi connectivity index (χ0v) is 17.2. The van der Waals surface area contributed by atoms with Gasteiger partial charge in [0.05, 0.1) is 11.4 Å². The zero-order chi connectivity index (χ0) is 21.7. The smallest absolute Gasteiger partial charge is 0.406 e. The van der Waals surface area contributed by atoms with Crippen LogP contribution < -0.4 is 4.74 Å². The second-order valence-electron chi connectivity index (χ2n) is 6.19. The molecule has 0 N–H and O–H groups in total. The number of benzene rings is 2. The number of ether oxygens (including phenoxy) is 1. The van der Waals surface area contributed by atoms with Crippen molar-refractivity contribution in [2.24, 2.45) is 0 Å². The number of carbonyl (C=O) groups excluding carboxylic acids is 1. The first-order valence-corrected chi connectivity index (χ1v) is 9.95. The minimum Gasteiger partial charge on any atom is -0.406 e. The lowest BCUT2D eigenvalue weighted by Crippen LogP contribution is -2.27. The van der Waals surface area contributed by atoms with E-state index in [4.69, 9.17) is 11.6 Å². The quantitative estimate of drug-likeness (QED) is 0.487. The van der Waals surface area contributed by atoms with Gasteiger partial charge in [-0.05, 0) is 35.9 Å². The Labute approximate surface area is 179 Å². The third kappa shape index (κ3) is 6.14. The third-order valence-electron chi connectivity index (χ3n) is 3.93. The summed E-state index contributed by atoms with van der Waals surface area (Å²) in [5, 5.41) is 9.02. The molecule has 0 fully saturated rings. The second-order valence-corrected chi connectivity index (χ2v) is 7.57. The standard InChI is InChI=1S/C19H16ClF3N4O2S/c1-26(10-13-5-7-16(8-6-13)29-19(21,22)23)17(28)11-30-18-25-24-12-27(18)15-4-2-3-14(20)9-15/h2-9,12H,10-11H2,1H3. The van der Waals surface area contributed by atoms with Crippen molar-refractivity contribution in [1.82, 2.24) is 19.7 Å². The van der Waals surface area contributed by atoms with E-state index in [1.165, 1.54) is 47.3 Å². The zero-order valence-electron chi connectivity index (χ0n) is 15.6. The van der Waals surface area contributed by atoms with Gasteiger partial charge in [-0.1, -0.05) is 41.6 Å². The second kappa shape index (κ2) is 9.40. The number of carbonyl (C=O) groups is 1. The van der Waals surface area contributed by atoms with E-state index in [1.807, 2.05) is 6.07 Å². The summed E-state index contributed by atoms with van der Waals surface area (Å²) in [7, 11) is 1.62. The molecule has 3 aromatic rings. The molecule has 30 heavy (non-hydrogen) atoms. The van der Waals surface area contributed by atoms with Gasteiger partial charge in [-0.15, -0.1) is 23.4 Å². The molecule has 0 aliphatic rings. The number of alkyl halides is 3. The van der Waals surface area contributed by atoms with Crippen molar-refractivity contribution < 1.29 is 22.7 Å². The number of hydrogen-bond donors (Lipinski definition) is 0. The van der Waals surface area contributed by atoms with Crippen LogP contribution in [-0.4, -0.2) is 44.7 Å². The minimum absolute atomic E-state index is 0.116. The van der Waals surface area contributed by atoms with Gasteiger partial charge in [0, 0.05) is 18.6 Å². The van der Waals surface area contributed by atoms with Crippen LogP contribution in [0.1, 0.15) is 5.56 Å². The monoisotopic (exact) mass is 456 g/mol. The Morgan fingerprint density at radius 2 is 1.97 bits per heavy atom. The molecule has 2 aromatic carbocycles. The van der Waals surface area contributed by atoms with E-state index in [0.717, 1.165) is 5.69 Å². The lowest BCUT2D eigenvalue weighted by atomic mass is 10.2. The number of amides is 1. The number of thioether (sulfide) groups is 1. The summed E-state index contributed by atoms with van der Waals surface area (Å²) in [5.74, 6) is -0.363. The van der Waals surface area contributed by atoms with Gasteiger partial charge in [-0.2, -0.15) is 0 Å². The fourth-order valence-electron chi connectivity index (χ4n) is 2.52. The molecule has 0 radical (unpaired) electrons. The van der Waals surface area contributed by atoms with Crippen LogP contribution in [0, 0.1) is 0 Å². The van der Waals surface area contributed by atoms with E-state index in [0.29, 0.717) is 15.7 Å². The van der Waals surface area contributed by atoms with Crippen LogP contribution in [0.15, 0.2) is 60.0 Å². The Kier molecular flexibility index (Phi) is 6.88. The average molecular weight is 457 g/mol. The van der Waals surface area contributed by atoms with Gasteiger partial charge in [-0.3, -0.25) is 9.36 Å². The molecule has 11 heteroatoms. The lowest BCUT2D eigenvalue weighted by molar-refractivity contribution is -0.274. The number of rotatable bonds is 7. The normalized spacial score (nSPS) is 11.4. The van der Waals surface area contributed by atoms with Gasteiger partial charge in [0.15, 0.2) is 5.16 Å². The summed E-state index contributed by atoms with van der Waals surface area (Å²) < 4.78 is 42.2. The topological polar surface area (TPSA) is 60.2 Å². The first-order valence-electron chi connectivity index (χ1n) is 8.59. The first-order chi connectivity index (χ1) is 14.2. The highest BCUT2D eigenvalue weighted by molar-refractivity contribution is 7.99. The Balaban J connectivity index is 1.56. The van der Waals surface area contributed by atoms with Crippen molar-refractivity contribution in [3.63, 3.8) is 0 Å². The molecule has 0 aliphatic heterocycles. The summed E-state index contributed by atoms with van der Waals surface area (Å²) in [6, 6.07) is 12.5. The third-order valence-corrected chi connectivity index (χ3v) is 5.09. The fourth-order valence-corrected chi connectivity index (χ4v) is 3.57. The molecule has 1 amide bonds. The van der Waals surface area contributed by atoms with Gasteiger partial charge in [-0.25, -0.2) is 0 Å². The Morgan fingerprint density at radius 3 is 2.63 bits per heavy atom. The molecule has 0 saturated heterocycles. The number of aromatic nitrogens is 3. The van der Waals surface area contributed by atoms with E-state index < -0.39 is 6.36 Å². The van der Waals surface area contributed by atoms with Crippen molar-refractivity contribution >= 4 is 29.3 Å². The molecule has 158 valence electrons. The maximum absolute atomic E-state index is 12.5. The van der Waals surface area contributed by atoms with E-state index in [-0.39, 0.29) is 24.0 Å². The molecule has 0 aliphatic carbocycles. The summed E-state index contributed by atoms with van der Waals surface area (Å²) in [4.78, 5) is 13.9. The van der Waals surface area contributed by atoms with Crippen LogP contribution in [0.25, 0.3) is 5.69 Å². The molecular formula is C19H16ClF3N4O2S. The molecule has 6 nitrogen and oxygen atoms in total. The molecule has 0 bridgehead atoms. The Bertz CT molecular complexity index is 1010. The van der Waals surface area contributed by atoms with Crippen LogP contribution >= 0.6 is 23.4 Å². The fraction of sp³-hybridized carbons (Fsp3) is 0.211. The molecule has 0 atom stereocenters. The number of halogens is 4. The molecular weight excluding hydrogens is 441 g/mol. The molecule has 0 spiro atoms. The van der Waals surface area contributed by atoms with Crippen molar-refractivity contribution in [2.45, 2.75) is 18.1 Å². The predicted octanol–water partition coefficient (Wildman–Crippen LogP) is 4.57. The predicted molar refractivity (Wildman–Crippen MR) is 107 cm³/mol. The molecule has 1 heterocycles. The average Bonchev–Trinajstić information content (AvgIpc) is 3.15. The summed E-state index contributed by atoms with van der Waals surface area (Å²) in [6.07, 6.45) is -3.20.